The largest absolute Gasteiger partial charge is 0.507 e. The number of hydrogen-bond donors (Lipinski definition) is 1. The summed E-state index contributed by atoms with van der Waals surface area (Å²) in [7, 11) is 0. The fraction of sp³-hybridized carbons (Fsp3) is 0.333. The highest BCUT2D eigenvalue weighted by atomic mass is 16.5. The van der Waals surface area contributed by atoms with Crippen molar-refractivity contribution in [3.05, 3.63) is 95.1 Å². The number of aliphatic hydroxyl groups excluding tert-OH is 1. The van der Waals surface area contributed by atoms with Gasteiger partial charge in [-0.1, -0.05) is 37.3 Å². The number of Topliss-reactive ketones (excluding diaryl/α,β-unsaturated/α-hetero) is 1. The number of ether oxygens (including phenoxy) is 3. The Hall–Kier alpha value is -4.14. The van der Waals surface area contributed by atoms with Gasteiger partial charge >= 0.3 is 0 Å². The molecule has 1 amide bonds. The fourth-order valence-corrected chi connectivity index (χ4v) is 5.26. The van der Waals surface area contributed by atoms with Crippen LogP contribution in [0.1, 0.15) is 36.1 Å². The van der Waals surface area contributed by atoms with Crippen LogP contribution < -0.4 is 9.47 Å². The number of amides is 1. The summed E-state index contributed by atoms with van der Waals surface area (Å²) in [5, 5.41) is 11.6. The number of morpholine rings is 1. The molecule has 8 nitrogen and oxygen atoms in total. The van der Waals surface area contributed by atoms with Gasteiger partial charge in [0.25, 0.3) is 11.7 Å². The van der Waals surface area contributed by atoms with E-state index in [9.17, 15) is 14.7 Å². The molecule has 41 heavy (non-hydrogen) atoms. The van der Waals surface area contributed by atoms with Gasteiger partial charge in [-0.15, -0.1) is 0 Å². The SMILES string of the molecule is CCCOc1ccc(/C(O)=C2\C(=O)C(=O)N(CCN3CCOCC3)C2c2cccc(Oc3ccccc3)c2)c(C)c1. The molecule has 0 aliphatic carbocycles. The molecule has 0 spiro atoms. The molecule has 0 bridgehead atoms. The van der Waals surface area contributed by atoms with Gasteiger partial charge in [-0.3, -0.25) is 14.5 Å². The minimum absolute atomic E-state index is 0.0687. The first kappa shape index (κ1) is 28.4. The van der Waals surface area contributed by atoms with Crippen LogP contribution in [-0.4, -0.2) is 72.6 Å². The van der Waals surface area contributed by atoms with Gasteiger partial charge in [-0.2, -0.15) is 0 Å². The summed E-state index contributed by atoms with van der Waals surface area (Å²) in [6.07, 6.45) is 0.877. The van der Waals surface area contributed by atoms with Crippen LogP contribution in [-0.2, 0) is 14.3 Å². The van der Waals surface area contributed by atoms with Crippen molar-refractivity contribution in [1.29, 1.82) is 0 Å². The number of para-hydroxylation sites is 1. The lowest BCUT2D eigenvalue weighted by Gasteiger charge is -2.31. The Balaban J connectivity index is 1.53. The first-order valence-electron chi connectivity index (χ1n) is 14.1. The molecule has 2 aliphatic heterocycles. The van der Waals surface area contributed by atoms with E-state index in [0.29, 0.717) is 61.3 Å². The number of hydrogen-bond acceptors (Lipinski definition) is 7. The summed E-state index contributed by atoms with van der Waals surface area (Å²) in [5.41, 5.74) is 1.98. The number of likely N-dealkylation sites (tertiary alicyclic amines) is 1. The van der Waals surface area contributed by atoms with Gasteiger partial charge in [-0.25, -0.2) is 0 Å². The third kappa shape index (κ3) is 6.45. The van der Waals surface area contributed by atoms with Crippen molar-refractivity contribution >= 4 is 17.4 Å². The van der Waals surface area contributed by atoms with Crippen molar-refractivity contribution in [2.24, 2.45) is 0 Å². The normalized spacial score (nSPS) is 19.0. The lowest BCUT2D eigenvalue weighted by atomic mass is 9.93. The smallest absolute Gasteiger partial charge is 0.295 e. The van der Waals surface area contributed by atoms with Crippen molar-refractivity contribution < 1.29 is 28.9 Å². The molecule has 1 N–H and O–H groups in total. The summed E-state index contributed by atoms with van der Waals surface area (Å²) < 4.78 is 17.3. The Bertz CT molecular complexity index is 1410. The Labute approximate surface area is 240 Å². The van der Waals surface area contributed by atoms with Gasteiger partial charge in [0, 0.05) is 31.7 Å². The molecule has 2 saturated heterocycles. The number of aliphatic hydroxyl groups is 1. The van der Waals surface area contributed by atoms with E-state index in [2.05, 4.69) is 4.90 Å². The molecule has 1 unspecified atom stereocenters. The number of ketones is 1. The van der Waals surface area contributed by atoms with Crippen molar-refractivity contribution in [3.8, 4) is 17.2 Å². The van der Waals surface area contributed by atoms with Crippen LogP contribution in [0.25, 0.3) is 5.76 Å². The minimum Gasteiger partial charge on any atom is -0.507 e. The molecule has 1 atom stereocenters. The Morgan fingerprint density at radius 1 is 0.927 bits per heavy atom. The Kier molecular flexibility index (Phi) is 9.01. The number of benzene rings is 3. The van der Waals surface area contributed by atoms with Crippen LogP contribution >= 0.6 is 0 Å². The van der Waals surface area contributed by atoms with Gasteiger partial charge in [0.1, 0.15) is 23.0 Å². The zero-order valence-electron chi connectivity index (χ0n) is 23.5. The molecule has 3 aromatic carbocycles. The zero-order chi connectivity index (χ0) is 28.8. The predicted octanol–water partition coefficient (Wildman–Crippen LogP) is 5.33. The maximum Gasteiger partial charge on any atom is 0.295 e. The molecule has 2 heterocycles. The predicted molar refractivity (Wildman–Crippen MR) is 156 cm³/mol. The standard InChI is InChI=1S/C33H36N2O6/c1-3-18-40-26-12-13-28(23(2)21-26)31(36)29-30(24-8-7-11-27(22-24)41-25-9-5-4-6-10-25)35(33(38)32(29)37)15-14-34-16-19-39-20-17-34/h4-13,21-22,30,36H,3,14-20H2,1-2H3/b31-29+. The highest BCUT2D eigenvalue weighted by Gasteiger charge is 2.46. The topological polar surface area (TPSA) is 88.5 Å². The average molecular weight is 557 g/mol. The van der Waals surface area contributed by atoms with Crippen LogP contribution in [0.5, 0.6) is 17.2 Å². The maximum absolute atomic E-state index is 13.6. The number of nitrogens with zero attached hydrogens (tertiary/aromatic N) is 2. The maximum atomic E-state index is 13.6. The molecule has 0 saturated carbocycles. The summed E-state index contributed by atoms with van der Waals surface area (Å²) in [5.74, 6) is 0.410. The van der Waals surface area contributed by atoms with Crippen LogP contribution in [0.15, 0.2) is 78.4 Å². The van der Waals surface area contributed by atoms with E-state index in [0.717, 1.165) is 25.1 Å². The molecular weight excluding hydrogens is 520 g/mol. The third-order valence-electron chi connectivity index (χ3n) is 7.38. The third-order valence-corrected chi connectivity index (χ3v) is 7.38. The summed E-state index contributed by atoms with van der Waals surface area (Å²) in [6.45, 7) is 8.20. The molecule has 3 aromatic rings. The van der Waals surface area contributed by atoms with Crippen molar-refractivity contribution in [2.75, 3.05) is 46.0 Å². The lowest BCUT2D eigenvalue weighted by Crippen LogP contribution is -2.42. The van der Waals surface area contributed by atoms with Crippen molar-refractivity contribution in [3.63, 3.8) is 0 Å². The van der Waals surface area contributed by atoms with E-state index < -0.39 is 17.7 Å². The van der Waals surface area contributed by atoms with Gasteiger partial charge in [0.2, 0.25) is 0 Å². The van der Waals surface area contributed by atoms with Crippen LogP contribution in [0.4, 0.5) is 0 Å². The van der Waals surface area contributed by atoms with Crippen molar-refractivity contribution in [2.45, 2.75) is 26.3 Å². The van der Waals surface area contributed by atoms with E-state index in [1.54, 1.807) is 17.0 Å². The number of aryl methyl sites for hydroxylation is 1. The van der Waals surface area contributed by atoms with Crippen LogP contribution in [0.2, 0.25) is 0 Å². The van der Waals surface area contributed by atoms with Gasteiger partial charge < -0.3 is 24.2 Å². The Morgan fingerprint density at radius 3 is 2.41 bits per heavy atom. The number of carbonyl (C=O) groups excluding carboxylic acids is 2. The molecule has 214 valence electrons. The van der Waals surface area contributed by atoms with Gasteiger partial charge in [0.15, 0.2) is 0 Å². The zero-order valence-corrected chi connectivity index (χ0v) is 23.5. The second kappa shape index (κ2) is 13.0. The average Bonchev–Trinajstić information content (AvgIpc) is 3.25. The highest BCUT2D eigenvalue weighted by molar-refractivity contribution is 6.46. The monoisotopic (exact) mass is 556 g/mol. The van der Waals surface area contributed by atoms with Crippen LogP contribution in [0, 0.1) is 6.92 Å². The van der Waals surface area contributed by atoms with E-state index in [4.69, 9.17) is 14.2 Å². The summed E-state index contributed by atoms with van der Waals surface area (Å²) in [4.78, 5) is 30.8. The minimum atomic E-state index is -0.772. The van der Waals surface area contributed by atoms with E-state index >= 15 is 0 Å². The lowest BCUT2D eigenvalue weighted by molar-refractivity contribution is -0.140. The Morgan fingerprint density at radius 2 is 1.68 bits per heavy atom. The number of carbonyl (C=O) groups is 2. The molecule has 0 aromatic heterocycles. The van der Waals surface area contributed by atoms with Crippen molar-refractivity contribution in [1.82, 2.24) is 9.80 Å². The molecular formula is C33H36N2O6. The molecule has 2 aliphatic rings. The molecule has 2 fully saturated rings. The fourth-order valence-electron chi connectivity index (χ4n) is 5.26. The first-order valence-corrected chi connectivity index (χ1v) is 14.1. The highest BCUT2D eigenvalue weighted by Crippen LogP contribution is 2.41. The quantitative estimate of drug-likeness (QED) is 0.205. The summed E-state index contributed by atoms with van der Waals surface area (Å²) in [6, 6.07) is 21.3. The molecule has 0 radical (unpaired) electrons. The van der Waals surface area contributed by atoms with Gasteiger partial charge in [-0.05, 0) is 66.9 Å². The van der Waals surface area contributed by atoms with E-state index in [1.807, 2.05) is 74.5 Å². The number of rotatable bonds is 10. The van der Waals surface area contributed by atoms with Crippen LogP contribution in [0.3, 0.4) is 0 Å². The molecule has 5 rings (SSSR count). The molecule has 8 heteroatoms. The van der Waals surface area contributed by atoms with Gasteiger partial charge in [0.05, 0.1) is 31.4 Å². The second-order valence-electron chi connectivity index (χ2n) is 10.3. The second-order valence-corrected chi connectivity index (χ2v) is 10.3. The van der Waals surface area contributed by atoms with E-state index in [-0.39, 0.29) is 11.3 Å². The van der Waals surface area contributed by atoms with E-state index in [1.165, 1.54) is 0 Å². The first-order chi connectivity index (χ1) is 20.0. The summed E-state index contributed by atoms with van der Waals surface area (Å²) >= 11 is 0.